The molecule has 1 aliphatic carbocycles. The first-order valence-electron chi connectivity index (χ1n) is 6.68. The van der Waals surface area contributed by atoms with E-state index < -0.39 is 10.0 Å². The number of hydrogen-bond donors (Lipinski definition) is 1. The van der Waals surface area contributed by atoms with Crippen molar-refractivity contribution >= 4 is 26.0 Å². The van der Waals surface area contributed by atoms with E-state index in [0.717, 1.165) is 17.3 Å². The van der Waals surface area contributed by atoms with Crippen molar-refractivity contribution in [1.82, 2.24) is 4.72 Å². The maximum Gasteiger partial charge on any atom is 0.240 e. The van der Waals surface area contributed by atoms with Gasteiger partial charge >= 0.3 is 0 Å². The maximum absolute atomic E-state index is 12.3. The van der Waals surface area contributed by atoms with Crippen LogP contribution in [0.15, 0.2) is 33.6 Å². The molecule has 1 saturated carbocycles. The number of rotatable bonds is 3. The van der Waals surface area contributed by atoms with E-state index in [1.54, 1.807) is 24.3 Å². The first-order valence-corrected chi connectivity index (χ1v) is 8.95. The van der Waals surface area contributed by atoms with Gasteiger partial charge in [0.1, 0.15) is 0 Å². The van der Waals surface area contributed by atoms with Gasteiger partial charge in [-0.05, 0) is 42.5 Å². The van der Waals surface area contributed by atoms with Crippen LogP contribution >= 0.6 is 15.9 Å². The number of benzene rings is 1. The van der Waals surface area contributed by atoms with Gasteiger partial charge in [0.2, 0.25) is 10.0 Å². The molecule has 0 radical (unpaired) electrons. The van der Waals surface area contributed by atoms with Crippen LogP contribution in [0.1, 0.15) is 33.1 Å². The van der Waals surface area contributed by atoms with E-state index >= 15 is 0 Å². The van der Waals surface area contributed by atoms with Crippen molar-refractivity contribution in [3.63, 3.8) is 0 Å². The molecule has 1 fully saturated rings. The third-order valence-electron chi connectivity index (χ3n) is 4.14. The molecule has 3 nitrogen and oxygen atoms in total. The highest BCUT2D eigenvalue weighted by molar-refractivity contribution is 9.10. The quantitative estimate of drug-likeness (QED) is 0.910. The van der Waals surface area contributed by atoms with E-state index in [4.69, 9.17) is 0 Å². The van der Waals surface area contributed by atoms with E-state index in [2.05, 4.69) is 34.5 Å². The topological polar surface area (TPSA) is 46.2 Å². The Morgan fingerprint density at radius 1 is 1.16 bits per heavy atom. The Morgan fingerprint density at radius 3 is 2.42 bits per heavy atom. The lowest BCUT2D eigenvalue weighted by Gasteiger charge is -2.34. The molecule has 1 aromatic rings. The molecule has 0 saturated heterocycles. The molecule has 0 aliphatic heterocycles. The Labute approximate surface area is 124 Å². The second-order valence-electron chi connectivity index (χ2n) is 5.45. The monoisotopic (exact) mass is 345 g/mol. The Bertz CT molecular complexity index is 527. The van der Waals surface area contributed by atoms with E-state index in [0.29, 0.717) is 16.7 Å². The van der Waals surface area contributed by atoms with Crippen molar-refractivity contribution < 1.29 is 8.42 Å². The summed E-state index contributed by atoms with van der Waals surface area (Å²) in [6.07, 6.45) is 3.22. The zero-order valence-corrected chi connectivity index (χ0v) is 13.7. The minimum Gasteiger partial charge on any atom is -0.208 e. The van der Waals surface area contributed by atoms with Crippen molar-refractivity contribution in [2.75, 3.05) is 0 Å². The fraction of sp³-hybridized carbons (Fsp3) is 0.571. The highest BCUT2D eigenvalue weighted by Gasteiger charge is 2.30. The van der Waals surface area contributed by atoms with E-state index in [9.17, 15) is 8.42 Å². The fourth-order valence-corrected chi connectivity index (χ4v) is 4.26. The summed E-state index contributed by atoms with van der Waals surface area (Å²) >= 11 is 3.31. The molecule has 1 N–H and O–H groups in total. The van der Waals surface area contributed by atoms with E-state index in [1.807, 2.05) is 0 Å². The van der Waals surface area contributed by atoms with Crippen LogP contribution in [0, 0.1) is 11.8 Å². The van der Waals surface area contributed by atoms with Gasteiger partial charge in [-0.15, -0.1) is 0 Å². The molecule has 5 heteroatoms. The van der Waals surface area contributed by atoms with Crippen LogP contribution in [0.5, 0.6) is 0 Å². The van der Waals surface area contributed by atoms with Gasteiger partial charge in [-0.1, -0.05) is 42.6 Å². The molecule has 1 aromatic carbocycles. The maximum atomic E-state index is 12.3. The number of nitrogens with one attached hydrogen (secondary N) is 1. The molecule has 1 aliphatic rings. The lowest BCUT2D eigenvalue weighted by molar-refractivity contribution is 0.227. The smallest absolute Gasteiger partial charge is 0.208 e. The highest BCUT2D eigenvalue weighted by Crippen LogP contribution is 2.30. The van der Waals surface area contributed by atoms with Gasteiger partial charge in [-0.3, -0.25) is 0 Å². The minimum atomic E-state index is -3.40. The molecule has 19 heavy (non-hydrogen) atoms. The second-order valence-corrected chi connectivity index (χ2v) is 8.08. The molecule has 0 spiro atoms. The number of halogens is 1. The van der Waals surface area contributed by atoms with Crippen molar-refractivity contribution in [2.45, 2.75) is 44.0 Å². The molecule has 0 aromatic heterocycles. The summed E-state index contributed by atoms with van der Waals surface area (Å²) in [5.74, 6) is 0.963. The summed E-state index contributed by atoms with van der Waals surface area (Å²) in [4.78, 5) is 0.334. The van der Waals surface area contributed by atoms with Gasteiger partial charge in [0.15, 0.2) is 0 Å². The van der Waals surface area contributed by atoms with Gasteiger partial charge in [-0.2, -0.15) is 0 Å². The zero-order valence-electron chi connectivity index (χ0n) is 11.3. The summed E-state index contributed by atoms with van der Waals surface area (Å²) in [7, 11) is -3.40. The summed E-state index contributed by atoms with van der Waals surface area (Å²) in [5.41, 5.74) is 0. The van der Waals surface area contributed by atoms with E-state index in [1.165, 1.54) is 6.42 Å². The third-order valence-corrected chi connectivity index (χ3v) is 6.17. The fourth-order valence-electron chi connectivity index (χ4n) is 2.63. The van der Waals surface area contributed by atoms with Gasteiger partial charge in [0.05, 0.1) is 4.90 Å². The Balaban J connectivity index is 2.15. The van der Waals surface area contributed by atoms with Crippen LogP contribution in [-0.4, -0.2) is 14.5 Å². The molecular weight excluding hydrogens is 326 g/mol. The van der Waals surface area contributed by atoms with Gasteiger partial charge in [0.25, 0.3) is 0 Å². The third kappa shape index (κ3) is 3.58. The van der Waals surface area contributed by atoms with Crippen LogP contribution in [0.2, 0.25) is 0 Å². The molecule has 0 bridgehead atoms. The Kier molecular flexibility index (Phi) is 4.69. The summed E-state index contributed by atoms with van der Waals surface area (Å²) in [5, 5.41) is 0. The van der Waals surface area contributed by atoms with Crippen LogP contribution in [0.4, 0.5) is 0 Å². The lowest BCUT2D eigenvalue weighted by Crippen LogP contribution is -2.43. The highest BCUT2D eigenvalue weighted by atomic mass is 79.9. The van der Waals surface area contributed by atoms with Crippen LogP contribution in [0.25, 0.3) is 0 Å². The van der Waals surface area contributed by atoms with Crippen molar-refractivity contribution in [3.05, 3.63) is 28.7 Å². The number of hydrogen-bond acceptors (Lipinski definition) is 2. The predicted octanol–water partition coefficient (Wildman–Crippen LogP) is 3.55. The van der Waals surface area contributed by atoms with E-state index in [-0.39, 0.29) is 6.04 Å². The minimum absolute atomic E-state index is 0.0531. The average molecular weight is 346 g/mol. The summed E-state index contributed by atoms with van der Waals surface area (Å²) in [6, 6.07) is 6.81. The lowest BCUT2D eigenvalue weighted by atomic mass is 9.78. The van der Waals surface area contributed by atoms with Gasteiger partial charge in [0, 0.05) is 10.5 Å². The van der Waals surface area contributed by atoms with Crippen LogP contribution in [-0.2, 0) is 10.0 Å². The molecule has 2 rings (SSSR count). The molecule has 3 atom stereocenters. The van der Waals surface area contributed by atoms with Crippen molar-refractivity contribution in [1.29, 1.82) is 0 Å². The van der Waals surface area contributed by atoms with Crippen LogP contribution < -0.4 is 4.72 Å². The first-order chi connectivity index (χ1) is 8.90. The van der Waals surface area contributed by atoms with Crippen molar-refractivity contribution in [3.8, 4) is 0 Å². The summed E-state index contributed by atoms with van der Waals surface area (Å²) in [6.45, 7) is 4.34. The molecule has 0 heterocycles. The molecule has 106 valence electrons. The van der Waals surface area contributed by atoms with Crippen molar-refractivity contribution in [2.24, 2.45) is 11.8 Å². The largest absolute Gasteiger partial charge is 0.240 e. The molecule has 0 amide bonds. The Morgan fingerprint density at radius 2 is 1.79 bits per heavy atom. The molecular formula is C14H20BrNO2S. The predicted molar refractivity (Wildman–Crippen MR) is 80.4 cm³/mol. The zero-order chi connectivity index (χ0) is 14.0. The van der Waals surface area contributed by atoms with Crippen LogP contribution in [0.3, 0.4) is 0 Å². The standard InChI is InChI=1S/C14H20BrNO2S/c1-10-4-3-5-14(11(10)2)16-19(17,18)13-8-6-12(15)7-9-13/h6-11,14,16H,3-5H2,1-2H3/t10-,11+,14+/m0/s1. The average Bonchev–Trinajstić information content (AvgIpc) is 2.35. The Hall–Kier alpha value is -0.390. The first kappa shape index (κ1) is 15.0. The second kappa shape index (κ2) is 5.94. The van der Waals surface area contributed by atoms with Gasteiger partial charge in [-0.25, -0.2) is 13.1 Å². The SMILES string of the molecule is C[C@@H]1[C@@H](C)CCC[C@H]1NS(=O)(=O)c1ccc(Br)cc1. The normalized spacial score (nSPS) is 28.3. The number of sulfonamides is 1. The molecule has 0 unspecified atom stereocenters. The summed E-state index contributed by atoms with van der Waals surface area (Å²) < 4.78 is 28.4. The van der Waals surface area contributed by atoms with Gasteiger partial charge < -0.3 is 0 Å².